The highest BCUT2D eigenvalue weighted by atomic mass is 15.0. The van der Waals surface area contributed by atoms with Crippen LogP contribution >= 0.6 is 0 Å². The molecule has 13 rings (SSSR count). The lowest BCUT2D eigenvalue weighted by atomic mass is 9.81. The smallest absolute Gasteiger partial charge is 0.160 e. The molecule has 3 heteroatoms. The molecule has 310 valence electrons. The van der Waals surface area contributed by atoms with E-state index in [1.807, 2.05) is 6.07 Å². The van der Waals surface area contributed by atoms with E-state index in [0.29, 0.717) is 5.82 Å². The Hall–Kier alpha value is -8.40. The molecule has 0 bridgehead atoms. The molecule has 0 aliphatic heterocycles. The van der Waals surface area contributed by atoms with Crippen LogP contribution in [-0.4, -0.2) is 14.5 Å². The van der Waals surface area contributed by atoms with Crippen LogP contribution in [0.15, 0.2) is 224 Å². The van der Waals surface area contributed by atoms with Gasteiger partial charge in [-0.2, -0.15) is 0 Å². The van der Waals surface area contributed by atoms with Crippen LogP contribution in [-0.2, 0) is 5.41 Å². The molecule has 0 spiro atoms. The summed E-state index contributed by atoms with van der Waals surface area (Å²) in [7, 11) is 0. The second-order valence-electron chi connectivity index (χ2n) is 18.1. The summed E-state index contributed by atoms with van der Waals surface area (Å²) in [6.07, 6.45) is 0. The third-order valence-corrected chi connectivity index (χ3v) is 14.0. The number of rotatable bonds is 6. The fourth-order valence-electron chi connectivity index (χ4n) is 10.7. The Labute approximate surface area is 384 Å². The quantitative estimate of drug-likeness (QED) is 0.167. The molecule has 0 radical (unpaired) electrons. The van der Waals surface area contributed by atoms with Crippen molar-refractivity contribution in [3.8, 4) is 73.0 Å². The van der Waals surface area contributed by atoms with E-state index in [-0.39, 0.29) is 5.41 Å². The Balaban J connectivity index is 0.925. The Morgan fingerprint density at radius 3 is 1.71 bits per heavy atom. The molecular formula is C63H43N3. The summed E-state index contributed by atoms with van der Waals surface area (Å²) in [6.45, 7) is 4.70. The van der Waals surface area contributed by atoms with E-state index >= 15 is 0 Å². The summed E-state index contributed by atoms with van der Waals surface area (Å²) in [4.78, 5) is 10.7. The second kappa shape index (κ2) is 14.8. The largest absolute Gasteiger partial charge is 0.309 e. The van der Waals surface area contributed by atoms with Gasteiger partial charge in [0.25, 0.3) is 0 Å². The zero-order valence-corrected chi connectivity index (χ0v) is 36.7. The zero-order valence-electron chi connectivity index (χ0n) is 36.7. The fraction of sp³-hybridized carbons (Fsp3) is 0.0476. The van der Waals surface area contributed by atoms with Crippen molar-refractivity contribution in [2.75, 3.05) is 0 Å². The van der Waals surface area contributed by atoms with Crippen LogP contribution in [0.1, 0.15) is 25.0 Å². The molecule has 1 aliphatic carbocycles. The van der Waals surface area contributed by atoms with Crippen LogP contribution in [0.5, 0.6) is 0 Å². The van der Waals surface area contributed by atoms with Crippen LogP contribution in [0.2, 0.25) is 0 Å². The van der Waals surface area contributed by atoms with Crippen LogP contribution in [0.4, 0.5) is 0 Å². The SMILES string of the molecule is CC1(C)c2cc3ccccc3cc2-c2c(-c3cc(-c4ccc(-c5ccc(-c6ccc7c8ccccc8n(-c8ccccc8)c7c6)cc5)c5ccccc45)nc(-c4ccccc4)n3)cccc21. The molecular weight excluding hydrogens is 799 g/mol. The normalized spacial score (nSPS) is 12.8. The minimum atomic E-state index is -0.162. The number of nitrogens with zero attached hydrogens (tertiary/aromatic N) is 3. The van der Waals surface area contributed by atoms with Gasteiger partial charge in [0.15, 0.2) is 5.82 Å². The summed E-state index contributed by atoms with van der Waals surface area (Å²) in [5.41, 5.74) is 18.3. The number of fused-ring (bicyclic) bond motifs is 8. The van der Waals surface area contributed by atoms with E-state index in [4.69, 9.17) is 9.97 Å². The highest BCUT2D eigenvalue weighted by Gasteiger charge is 2.37. The van der Waals surface area contributed by atoms with Gasteiger partial charge in [-0.1, -0.05) is 196 Å². The summed E-state index contributed by atoms with van der Waals surface area (Å²) in [6, 6.07) is 81.4. The van der Waals surface area contributed by atoms with E-state index in [0.717, 1.165) is 39.2 Å². The molecule has 1 aliphatic rings. The molecule has 0 amide bonds. The van der Waals surface area contributed by atoms with E-state index in [2.05, 4.69) is 237 Å². The highest BCUT2D eigenvalue weighted by Crippen LogP contribution is 2.53. The predicted molar refractivity (Wildman–Crippen MR) is 276 cm³/mol. The average Bonchev–Trinajstić information content (AvgIpc) is 3.83. The maximum absolute atomic E-state index is 5.37. The Bertz CT molecular complexity index is 3880. The second-order valence-corrected chi connectivity index (χ2v) is 18.1. The molecule has 0 saturated heterocycles. The van der Waals surface area contributed by atoms with Gasteiger partial charge in [0.05, 0.1) is 22.4 Å². The van der Waals surface area contributed by atoms with Gasteiger partial charge in [0.1, 0.15) is 0 Å². The highest BCUT2D eigenvalue weighted by molar-refractivity contribution is 6.10. The van der Waals surface area contributed by atoms with E-state index in [9.17, 15) is 0 Å². The van der Waals surface area contributed by atoms with Crippen molar-refractivity contribution in [1.29, 1.82) is 0 Å². The third kappa shape index (κ3) is 5.97. The van der Waals surface area contributed by atoms with Crippen molar-refractivity contribution in [2.24, 2.45) is 0 Å². The van der Waals surface area contributed by atoms with Gasteiger partial charge >= 0.3 is 0 Å². The lowest BCUT2D eigenvalue weighted by Crippen LogP contribution is -2.14. The predicted octanol–water partition coefficient (Wildman–Crippen LogP) is 16.5. The molecule has 0 atom stereocenters. The molecule has 3 nitrogen and oxygen atoms in total. The molecule has 0 unspecified atom stereocenters. The first kappa shape index (κ1) is 38.1. The van der Waals surface area contributed by atoms with Crippen molar-refractivity contribution in [3.63, 3.8) is 0 Å². The summed E-state index contributed by atoms with van der Waals surface area (Å²) >= 11 is 0. The minimum Gasteiger partial charge on any atom is -0.309 e. The van der Waals surface area contributed by atoms with Crippen LogP contribution in [0, 0.1) is 0 Å². The maximum atomic E-state index is 5.37. The van der Waals surface area contributed by atoms with E-state index in [1.165, 1.54) is 82.5 Å². The van der Waals surface area contributed by atoms with Crippen molar-refractivity contribution in [3.05, 3.63) is 236 Å². The standard InChI is InChI=1S/C63H43N3/c1-63(2)55-26-15-25-53(61(55)54-36-43-18-9-10-19-44(43)37-56(54)63)58-39-57(64-62(65-58)42-16-5-3-6-17-42)50-35-34-47(48-22-11-12-23-49(48)50)41-30-28-40(29-31-41)45-32-33-52-51-24-13-14-27-59(51)66(60(52)38-45)46-20-7-4-8-21-46/h3-39H,1-2H3. The van der Waals surface area contributed by atoms with Gasteiger partial charge in [0, 0.05) is 38.6 Å². The van der Waals surface area contributed by atoms with Gasteiger partial charge in [-0.25, -0.2) is 9.97 Å². The zero-order chi connectivity index (χ0) is 43.9. The third-order valence-electron chi connectivity index (χ3n) is 14.0. The number of hydrogen-bond acceptors (Lipinski definition) is 2. The maximum Gasteiger partial charge on any atom is 0.160 e. The first-order valence-corrected chi connectivity index (χ1v) is 22.8. The molecule has 66 heavy (non-hydrogen) atoms. The monoisotopic (exact) mass is 841 g/mol. The van der Waals surface area contributed by atoms with Crippen LogP contribution in [0.25, 0.3) is 116 Å². The fourth-order valence-corrected chi connectivity index (χ4v) is 10.7. The van der Waals surface area contributed by atoms with Gasteiger partial charge in [-0.05, 0) is 109 Å². The number of benzene rings is 10. The number of aromatic nitrogens is 3. The first-order valence-electron chi connectivity index (χ1n) is 22.8. The lowest BCUT2D eigenvalue weighted by molar-refractivity contribution is 0.661. The van der Waals surface area contributed by atoms with E-state index in [1.54, 1.807) is 0 Å². The van der Waals surface area contributed by atoms with Crippen molar-refractivity contribution in [1.82, 2.24) is 14.5 Å². The van der Waals surface area contributed by atoms with Crippen molar-refractivity contribution < 1.29 is 0 Å². The number of hydrogen-bond donors (Lipinski definition) is 0. The topological polar surface area (TPSA) is 30.7 Å². The minimum absolute atomic E-state index is 0.162. The van der Waals surface area contributed by atoms with Gasteiger partial charge < -0.3 is 4.57 Å². The first-order chi connectivity index (χ1) is 32.5. The van der Waals surface area contributed by atoms with Crippen LogP contribution < -0.4 is 0 Å². The van der Waals surface area contributed by atoms with Gasteiger partial charge in [-0.3, -0.25) is 0 Å². The number of para-hydroxylation sites is 2. The van der Waals surface area contributed by atoms with Crippen molar-refractivity contribution in [2.45, 2.75) is 19.3 Å². The molecule has 2 aromatic heterocycles. The molecule has 12 aromatic rings. The molecule has 0 fully saturated rings. The van der Waals surface area contributed by atoms with Gasteiger partial charge in [-0.15, -0.1) is 0 Å². The Kier molecular flexibility index (Phi) is 8.56. The average molecular weight is 842 g/mol. The lowest BCUT2D eigenvalue weighted by Gasteiger charge is -2.22. The Morgan fingerprint density at radius 2 is 0.939 bits per heavy atom. The summed E-state index contributed by atoms with van der Waals surface area (Å²) < 4.78 is 2.38. The molecule has 0 saturated carbocycles. The molecule has 0 N–H and O–H groups in total. The van der Waals surface area contributed by atoms with E-state index < -0.39 is 0 Å². The summed E-state index contributed by atoms with van der Waals surface area (Å²) in [5.74, 6) is 0.711. The van der Waals surface area contributed by atoms with Crippen molar-refractivity contribution >= 4 is 43.4 Å². The van der Waals surface area contributed by atoms with Crippen LogP contribution in [0.3, 0.4) is 0 Å². The molecule has 2 heterocycles. The molecule has 10 aromatic carbocycles. The van der Waals surface area contributed by atoms with Gasteiger partial charge in [0.2, 0.25) is 0 Å². The summed E-state index contributed by atoms with van der Waals surface area (Å²) in [5, 5.41) is 7.36. The Morgan fingerprint density at radius 1 is 0.348 bits per heavy atom.